The van der Waals surface area contributed by atoms with Crippen LogP contribution in [0.4, 0.5) is 0 Å². The maximum atomic E-state index is 12.8. The number of nitrogens with one attached hydrogen (secondary N) is 2. The molecule has 1 amide bonds. The maximum absolute atomic E-state index is 12.8. The Morgan fingerprint density at radius 3 is 2.32 bits per heavy atom. The summed E-state index contributed by atoms with van der Waals surface area (Å²) in [4.78, 5) is 31.6. The van der Waals surface area contributed by atoms with Crippen LogP contribution in [0.15, 0.2) is 42.9 Å². The molecule has 1 atom stereocenters. The van der Waals surface area contributed by atoms with E-state index in [1.165, 1.54) is 19.2 Å². The van der Waals surface area contributed by atoms with E-state index >= 15 is 0 Å². The van der Waals surface area contributed by atoms with Gasteiger partial charge in [-0.25, -0.2) is 4.98 Å². The molecule has 3 aromatic rings. The molecule has 0 saturated heterocycles. The summed E-state index contributed by atoms with van der Waals surface area (Å²) < 4.78 is 12.5. The molecule has 8 heteroatoms. The Kier molecular flexibility index (Phi) is 5.49. The molecule has 0 aliphatic rings. The lowest BCUT2D eigenvalue weighted by molar-refractivity contribution is 0.0936. The molecule has 3 rings (SSSR count). The van der Waals surface area contributed by atoms with Gasteiger partial charge in [-0.2, -0.15) is 0 Å². The van der Waals surface area contributed by atoms with Crippen LogP contribution >= 0.6 is 0 Å². The molecule has 0 aliphatic heterocycles. The zero-order valence-electron chi connectivity index (χ0n) is 16.1. The van der Waals surface area contributed by atoms with Gasteiger partial charge in [0.1, 0.15) is 29.1 Å². The number of benzene rings is 1. The summed E-state index contributed by atoms with van der Waals surface area (Å²) in [6, 6.07) is 6.36. The topological polar surface area (TPSA) is 98.2 Å². The fraction of sp³-hybridized carbons (Fsp3) is 0.250. The lowest BCUT2D eigenvalue weighted by atomic mass is 10.0. The Hall–Kier alpha value is -3.55. The average molecular weight is 382 g/mol. The number of aryl methyl sites for hydroxylation is 1. The predicted molar refractivity (Wildman–Crippen MR) is 103 cm³/mol. The van der Waals surface area contributed by atoms with Crippen LogP contribution in [0.3, 0.4) is 0 Å². The van der Waals surface area contributed by atoms with Crippen LogP contribution in [0.2, 0.25) is 0 Å². The number of ether oxygens (including phenoxy) is 2. The van der Waals surface area contributed by atoms with Crippen molar-refractivity contribution in [1.82, 2.24) is 19.9 Å². The summed E-state index contributed by atoms with van der Waals surface area (Å²) in [5.74, 6) is 1.36. The van der Waals surface area contributed by atoms with Crippen LogP contribution in [0.25, 0.3) is 0 Å². The van der Waals surface area contributed by atoms with Crippen LogP contribution < -0.4 is 14.8 Å². The van der Waals surface area contributed by atoms with Gasteiger partial charge in [-0.15, -0.1) is 0 Å². The highest BCUT2D eigenvalue weighted by atomic mass is 16.5. The van der Waals surface area contributed by atoms with Gasteiger partial charge in [-0.3, -0.25) is 9.59 Å². The molecule has 28 heavy (non-hydrogen) atoms. The summed E-state index contributed by atoms with van der Waals surface area (Å²) in [5, 5.41) is 2.97. The van der Waals surface area contributed by atoms with E-state index in [1.54, 1.807) is 32.7 Å². The van der Waals surface area contributed by atoms with Gasteiger partial charge >= 0.3 is 0 Å². The van der Waals surface area contributed by atoms with Crippen molar-refractivity contribution in [3.8, 4) is 11.5 Å². The van der Waals surface area contributed by atoms with E-state index in [0.29, 0.717) is 28.6 Å². The van der Waals surface area contributed by atoms with Gasteiger partial charge in [0.15, 0.2) is 5.78 Å². The molecule has 0 bridgehead atoms. The Bertz CT molecular complexity index is 983. The third-order valence-corrected chi connectivity index (χ3v) is 4.43. The van der Waals surface area contributed by atoms with Crippen molar-refractivity contribution in [2.75, 3.05) is 14.2 Å². The van der Waals surface area contributed by atoms with Crippen molar-refractivity contribution in [3.05, 3.63) is 65.5 Å². The Labute approximate surface area is 162 Å². The first-order valence-corrected chi connectivity index (χ1v) is 8.63. The molecular formula is C20H22N4O4. The number of nitrogens with zero attached hydrogens (tertiary/aromatic N) is 2. The number of carbonyl (C=O) groups excluding carboxylic acids is 2. The molecule has 0 saturated carbocycles. The van der Waals surface area contributed by atoms with Crippen LogP contribution in [0, 0.1) is 0 Å². The first-order chi connectivity index (χ1) is 13.4. The van der Waals surface area contributed by atoms with E-state index in [1.807, 2.05) is 23.7 Å². The molecule has 146 valence electrons. The Morgan fingerprint density at radius 2 is 1.82 bits per heavy atom. The van der Waals surface area contributed by atoms with Gasteiger partial charge in [-0.05, 0) is 30.7 Å². The van der Waals surface area contributed by atoms with Crippen LogP contribution in [0.5, 0.6) is 11.5 Å². The molecule has 0 aliphatic carbocycles. The van der Waals surface area contributed by atoms with E-state index in [2.05, 4.69) is 15.3 Å². The van der Waals surface area contributed by atoms with Gasteiger partial charge in [0.25, 0.3) is 5.91 Å². The molecule has 0 spiro atoms. The molecule has 8 nitrogen and oxygen atoms in total. The molecule has 0 radical (unpaired) electrons. The number of methoxy groups -OCH3 is 2. The minimum atomic E-state index is -0.555. The highest BCUT2D eigenvalue weighted by molar-refractivity contribution is 5.99. The minimum absolute atomic E-state index is 0.117. The molecule has 2 aromatic heterocycles. The number of hydrogen-bond donors (Lipinski definition) is 2. The number of amides is 1. The number of rotatable bonds is 7. The monoisotopic (exact) mass is 382 g/mol. The molecule has 1 unspecified atom stereocenters. The highest BCUT2D eigenvalue weighted by Gasteiger charge is 2.24. The van der Waals surface area contributed by atoms with Gasteiger partial charge < -0.3 is 24.3 Å². The van der Waals surface area contributed by atoms with Crippen LogP contribution in [0.1, 0.15) is 45.2 Å². The predicted octanol–water partition coefficient (Wildman–Crippen LogP) is 2.49. The molecule has 1 aromatic carbocycles. The van der Waals surface area contributed by atoms with E-state index in [9.17, 15) is 9.59 Å². The van der Waals surface area contributed by atoms with Crippen molar-refractivity contribution >= 4 is 11.7 Å². The van der Waals surface area contributed by atoms with Crippen molar-refractivity contribution in [2.24, 2.45) is 7.05 Å². The van der Waals surface area contributed by atoms with E-state index in [-0.39, 0.29) is 11.7 Å². The first-order valence-electron chi connectivity index (χ1n) is 8.63. The molecule has 2 heterocycles. The second kappa shape index (κ2) is 7.99. The smallest absolute Gasteiger partial charge is 0.268 e. The molecule has 0 fully saturated rings. The van der Waals surface area contributed by atoms with Crippen molar-refractivity contribution in [1.29, 1.82) is 0 Å². The summed E-state index contributed by atoms with van der Waals surface area (Å²) in [6.07, 6.45) is 4.98. The summed E-state index contributed by atoms with van der Waals surface area (Å²) in [5.41, 5.74) is 1.48. The SMILES string of the molecule is COc1cc(OC)cc(C(NC(=O)c2cc(C(C)=O)c[nH]2)c2nccn2C)c1. The number of carbonyl (C=O) groups is 2. The van der Waals surface area contributed by atoms with Crippen LogP contribution in [-0.2, 0) is 7.05 Å². The number of H-pyrrole nitrogens is 1. The zero-order chi connectivity index (χ0) is 20.3. The number of hydrogen-bond acceptors (Lipinski definition) is 5. The van der Waals surface area contributed by atoms with Gasteiger partial charge in [0.05, 0.1) is 14.2 Å². The van der Waals surface area contributed by atoms with Crippen molar-refractivity contribution in [3.63, 3.8) is 0 Å². The standard InChI is InChI=1S/C20H22N4O4/c1-12(25)14-9-17(22-11-14)20(26)23-18(19-21-5-6-24(19)2)13-7-15(27-3)10-16(8-13)28-4/h5-11,18,22H,1-4H3,(H,23,26). The third kappa shape index (κ3) is 3.90. The van der Waals surface area contributed by atoms with Gasteiger partial charge in [-0.1, -0.05) is 0 Å². The van der Waals surface area contributed by atoms with E-state index in [4.69, 9.17) is 9.47 Å². The van der Waals surface area contributed by atoms with Crippen molar-refractivity contribution < 1.29 is 19.1 Å². The molecular weight excluding hydrogens is 360 g/mol. The van der Waals surface area contributed by atoms with Crippen LogP contribution in [-0.4, -0.2) is 40.4 Å². The average Bonchev–Trinajstić information content (AvgIpc) is 3.35. The lowest BCUT2D eigenvalue weighted by Crippen LogP contribution is -2.31. The van der Waals surface area contributed by atoms with Crippen molar-refractivity contribution in [2.45, 2.75) is 13.0 Å². The fourth-order valence-corrected chi connectivity index (χ4v) is 2.89. The zero-order valence-corrected chi connectivity index (χ0v) is 16.1. The number of Topliss-reactive ketones (excluding diaryl/α,β-unsaturated/α-hetero) is 1. The summed E-state index contributed by atoms with van der Waals surface area (Å²) in [6.45, 7) is 1.45. The number of ketones is 1. The third-order valence-electron chi connectivity index (χ3n) is 4.43. The normalized spacial score (nSPS) is 11.7. The van der Waals surface area contributed by atoms with E-state index < -0.39 is 6.04 Å². The minimum Gasteiger partial charge on any atom is -0.497 e. The number of aromatic amines is 1. The van der Waals surface area contributed by atoms with E-state index in [0.717, 1.165) is 5.56 Å². The second-order valence-corrected chi connectivity index (χ2v) is 6.31. The quantitative estimate of drug-likeness (QED) is 0.612. The largest absolute Gasteiger partial charge is 0.497 e. The van der Waals surface area contributed by atoms with Gasteiger partial charge in [0, 0.05) is 37.3 Å². The highest BCUT2D eigenvalue weighted by Crippen LogP contribution is 2.29. The Balaban J connectivity index is 2.00. The summed E-state index contributed by atoms with van der Waals surface area (Å²) in [7, 11) is 4.98. The molecule has 2 N–H and O–H groups in total. The van der Waals surface area contributed by atoms with Gasteiger partial charge in [0.2, 0.25) is 0 Å². The number of aromatic nitrogens is 3. The first kappa shape index (κ1) is 19.2. The maximum Gasteiger partial charge on any atom is 0.268 e. The lowest BCUT2D eigenvalue weighted by Gasteiger charge is -2.20. The Morgan fingerprint density at radius 1 is 1.14 bits per heavy atom. The fourth-order valence-electron chi connectivity index (χ4n) is 2.89. The second-order valence-electron chi connectivity index (χ2n) is 6.31. The summed E-state index contributed by atoms with van der Waals surface area (Å²) >= 11 is 0. The number of imidazole rings is 1.